The van der Waals surface area contributed by atoms with E-state index in [0.717, 1.165) is 24.0 Å². The summed E-state index contributed by atoms with van der Waals surface area (Å²) in [6, 6.07) is 4.28. The Morgan fingerprint density at radius 3 is 2.71 bits per heavy atom. The maximum atomic E-state index is 11.8. The van der Waals surface area contributed by atoms with Crippen molar-refractivity contribution in [3.8, 4) is 0 Å². The number of Topliss-reactive ketones (excluding diaryl/α,β-unsaturated/α-hetero) is 1. The van der Waals surface area contributed by atoms with Gasteiger partial charge in [-0.15, -0.1) is 0 Å². The van der Waals surface area contributed by atoms with Gasteiger partial charge in [-0.3, -0.25) is 4.79 Å². The number of carbonyl (C=O) groups excluding carboxylic acids is 1. The van der Waals surface area contributed by atoms with Crippen LogP contribution < -0.4 is 0 Å². The molecule has 2 rings (SSSR count). The van der Waals surface area contributed by atoms with E-state index in [-0.39, 0.29) is 0 Å². The molecule has 0 aromatic heterocycles. The number of hydrogen-bond acceptors (Lipinski definition) is 1. The predicted molar refractivity (Wildman–Crippen MR) is 57.9 cm³/mol. The first-order valence-corrected chi connectivity index (χ1v) is 5.24. The van der Waals surface area contributed by atoms with Gasteiger partial charge in [-0.05, 0) is 37.3 Å². The van der Waals surface area contributed by atoms with Crippen LogP contribution in [0.25, 0.3) is 0 Å². The fraction of sp³-hybridized carbons (Fsp3) is 0.462. The zero-order valence-corrected chi connectivity index (χ0v) is 9.05. The maximum absolute atomic E-state index is 11.8. The van der Waals surface area contributed by atoms with E-state index in [1.807, 2.05) is 6.92 Å². The van der Waals surface area contributed by atoms with Crippen molar-refractivity contribution in [1.29, 1.82) is 0 Å². The average Bonchev–Trinajstić information content (AvgIpc) is 2.10. The van der Waals surface area contributed by atoms with E-state index >= 15 is 0 Å². The highest BCUT2D eigenvalue weighted by Crippen LogP contribution is 2.33. The molecule has 1 atom stereocenters. The lowest BCUT2D eigenvalue weighted by molar-refractivity contribution is 0.0967. The molecule has 1 aliphatic rings. The lowest BCUT2D eigenvalue weighted by Crippen LogP contribution is -2.15. The molecule has 0 radical (unpaired) electrons. The Balaban J connectivity index is 2.66. The molecule has 0 fully saturated rings. The van der Waals surface area contributed by atoms with Crippen molar-refractivity contribution < 1.29 is 4.79 Å². The molecule has 1 aromatic carbocycles. The first-order chi connectivity index (χ1) is 6.59. The van der Waals surface area contributed by atoms with Gasteiger partial charge in [0.25, 0.3) is 0 Å². The Morgan fingerprint density at radius 2 is 2.00 bits per heavy atom. The second kappa shape index (κ2) is 3.23. The second-order valence-corrected chi connectivity index (χ2v) is 4.41. The van der Waals surface area contributed by atoms with Crippen molar-refractivity contribution in [3.63, 3.8) is 0 Å². The minimum Gasteiger partial charge on any atom is -0.294 e. The molecule has 1 unspecified atom stereocenters. The Hall–Kier alpha value is -1.11. The zero-order valence-electron chi connectivity index (χ0n) is 9.05. The Kier molecular flexibility index (Phi) is 2.18. The van der Waals surface area contributed by atoms with Gasteiger partial charge in [0.15, 0.2) is 5.78 Å². The maximum Gasteiger partial charge on any atom is 0.163 e. The van der Waals surface area contributed by atoms with Crippen LogP contribution in [-0.2, 0) is 0 Å². The molecule has 1 aliphatic carbocycles. The summed E-state index contributed by atoms with van der Waals surface area (Å²) in [5, 5.41) is 0. The molecule has 1 heteroatoms. The molecule has 0 saturated carbocycles. The summed E-state index contributed by atoms with van der Waals surface area (Å²) in [7, 11) is 0. The highest BCUT2D eigenvalue weighted by atomic mass is 16.1. The van der Waals surface area contributed by atoms with Crippen molar-refractivity contribution in [2.24, 2.45) is 0 Å². The molecule has 14 heavy (non-hydrogen) atoms. The van der Waals surface area contributed by atoms with E-state index < -0.39 is 0 Å². The second-order valence-electron chi connectivity index (χ2n) is 4.41. The van der Waals surface area contributed by atoms with Crippen LogP contribution in [0.15, 0.2) is 12.1 Å². The van der Waals surface area contributed by atoms with Crippen LogP contribution in [0.1, 0.15) is 52.7 Å². The van der Waals surface area contributed by atoms with Crippen LogP contribution >= 0.6 is 0 Å². The SMILES string of the molecule is Cc1cc(C)c2c(c1)C(C)CCC2=O. The van der Waals surface area contributed by atoms with Crippen LogP contribution in [0.2, 0.25) is 0 Å². The minimum absolute atomic E-state index is 0.329. The molecule has 1 aromatic rings. The van der Waals surface area contributed by atoms with Gasteiger partial charge in [0.2, 0.25) is 0 Å². The molecule has 0 spiro atoms. The summed E-state index contributed by atoms with van der Waals surface area (Å²) in [5.41, 5.74) is 4.67. The number of aryl methyl sites for hydroxylation is 2. The molecule has 0 heterocycles. The minimum atomic E-state index is 0.329. The third-order valence-corrected chi connectivity index (χ3v) is 3.12. The Morgan fingerprint density at radius 1 is 1.29 bits per heavy atom. The van der Waals surface area contributed by atoms with Crippen molar-refractivity contribution in [1.82, 2.24) is 0 Å². The van der Waals surface area contributed by atoms with E-state index in [1.54, 1.807) is 0 Å². The lowest BCUT2D eigenvalue weighted by atomic mass is 9.80. The number of fused-ring (bicyclic) bond motifs is 1. The molecule has 1 nitrogen and oxygen atoms in total. The number of benzene rings is 1. The summed E-state index contributed by atoms with van der Waals surface area (Å²) < 4.78 is 0. The third-order valence-electron chi connectivity index (χ3n) is 3.12. The highest BCUT2D eigenvalue weighted by Gasteiger charge is 2.24. The predicted octanol–water partition coefficient (Wildman–Crippen LogP) is 3.38. The summed E-state index contributed by atoms with van der Waals surface area (Å²) in [6.45, 7) is 6.35. The number of carbonyl (C=O) groups is 1. The van der Waals surface area contributed by atoms with E-state index in [2.05, 4.69) is 26.0 Å². The fourth-order valence-corrected chi connectivity index (χ4v) is 2.40. The fourth-order valence-electron chi connectivity index (χ4n) is 2.40. The van der Waals surface area contributed by atoms with E-state index in [9.17, 15) is 4.79 Å². The Labute approximate surface area is 85.1 Å². The molecule has 74 valence electrons. The van der Waals surface area contributed by atoms with Gasteiger partial charge in [0.05, 0.1) is 0 Å². The standard InChI is InChI=1S/C13H16O/c1-8-6-10(3)13-11(7-8)9(2)4-5-12(13)14/h6-7,9H,4-5H2,1-3H3. The zero-order chi connectivity index (χ0) is 10.3. The first-order valence-electron chi connectivity index (χ1n) is 5.24. The van der Waals surface area contributed by atoms with Gasteiger partial charge in [0.1, 0.15) is 0 Å². The summed E-state index contributed by atoms with van der Waals surface area (Å²) >= 11 is 0. The van der Waals surface area contributed by atoms with Crippen molar-refractivity contribution in [2.45, 2.75) is 39.5 Å². The van der Waals surface area contributed by atoms with Crippen LogP contribution in [0, 0.1) is 13.8 Å². The van der Waals surface area contributed by atoms with Crippen molar-refractivity contribution in [2.75, 3.05) is 0 Å². The largest absolute Gasteiger partial charge is 0.294 e. The van der Waals surface area contributed by atoms with Gasteiger partial charge < -0.3 is 0 Å². The van der Waals surface area contributed by atoms with Crippen LogP contribution in [-0.4, -0.2) is 5.78 Å². The van der Waals surface area contributed by atoms with Crippen LogP contribution in [0.3, 0.4) is 0 Å². The summed E-state index contributed by atoms with van der Waals surface area (Å²) in [6.07, 6.45) is 1.73. The summed E-state index contributed by atoms with van der Waals surface area (Å²) in [4.78, 5) is 11.8. The van der Waals surface area contributed by atoms with Crippen LogP contribution in [0.5, 0.6) is 0 Å². The Bertz CT molecular complexity index is 390. The number of rotatable bonds is 0. The van der Waals surface area contributed by atoms with Gasteiger partial charge in [0, 0.05) is 12.0 Å². The molecule has 0 saturated heterocycles. The normalized spacial score (nSPS) is 20.8. The molecule has 0 amide bonds. The van der Waals surface area contributed by atoms with Gasteiger partial charge >= 0.3 is 0 Å². The van der Waals surface area contributed by atoms with Crippen molar-refractivity contribution >= 4 is 5.78 Å². The number of hydrogen-bond donors (Lipinski definition) is 0. The van der Waals surface area contributed by atoms with E-state index in [0.29, 0.717) is 11.7 Å². The third kappa shape index (κ3) is 1.37. The van der Waals surface area contributed by atoms with E-state index in [1.165, 1.54) is 11.1 Å². The van der Waals surface area contributed by atoms with Crippen LogP contribution in [0.4, 0.5) is 0 Å². The first kappa shape index (κ1) is 9.45. The highest BCUT2D eigenvalue weighted by molar-refractivity contribution is 6.00. The topological polar surface area (TPSA) is 17.1 Å². The van der Waals surface area contributed by atoms with E-state index in [4.69, 9.17) is 0 Å². The molecular formula is C13H16O. The van der Waals surface area contributed by atoms with Crippen molar-refractivity contribution in [3.05, 3.63) is 34.4 Å². The van der Waals surface area contributed by atoms with Gasteiger partial charge in [-0.25, -0.2) is 0 Å². The average molecular weight is 188 g/mol. The molecule has 0 aliphatic heterocycles. The molecule has 0 N–H and O–H groups in total. The quantitative estimate of drug-likeness (QED) is 0.610. The smallest absolute Gasteiger partial charge is 0.163 e. The lowest BCUT2D eigenvalue weighted by Gasteiger charge is -2.23. The monoisotopic (exact) mass is 188 g/mol. The van der Waals surface area contributed by atoms with Gasteiger partial charge in [-0.1, -0.05) is 24.6 Å². The molecular weight excluding hydrogens is 172 g/mol. The van der Waals surface area contributed by atoms with Gasteiger partial charge in [-0.2, -0.15) is 0 Å². The summed E-state index contributed by atoms with van der Waals surface area (Å²) in [5.74, 6) is 0.872. The molecule has 0 bridgehead atoms. The number of ketones is 1.